The van der Waals surface area contributed by atoms with Crippen LogP contribution in [-0.2, 0) is 14.3 Å². The summed E-state index contributed by atoms with van der Waals surface area (Å²) in [7, 11) is 1.21. The van der Waals surface area contributed by atoms with E-state index in [1.165, 1.54) is 19.2 Å². The fourth-order valence-corrected chi connectivity index (χ4v) is 1.54. The van der Waals surface area contributed by atoms with Gasteiger partial charge >= 0.3 is 11.9 Å². The summed E-state index contributed by atoms with van der Waals surface area (Å²) in [5.41, 5.74) is 6.21. The van der Waals surface area contributed by atoms with Crippen LogP contribution >= 0.6 is 0 Å². The van der Waals surface area contributed by atoms with Gasteiger partial charge in [-0.3, -0.25) is 9.59 Å². The predicted octanol–water partition coefficient (Wildman–Crippen LogP) is 0.405. The molecule has 1 amide bonds. The van der Waals surface area contributed by atoms with Crippen molar-refractivity contribution in [1.82, 2.24) is 5.32 Å². The van der Waals surface area contributed by atoms with Crippen molar-refractivity contribution in [1.29, 1.82) is 0 Å². The maximum absolute atomic E-state index is 11.9. The zero-order chi connectivity index (χ0) is 15.1. The third-order valence-electron chi connectivity index (χ3n) is 2.62. The van der Waals surface area contributed by atoms with E-state index in [1.807, 2.05) is 0 Å². The van der Waals surface area contributed by atoms with E-state index in [2.05, 4.69) is 10.1 Å². The van der Waals surface area contributed by atoms with E-state index in [0.717, 1.165) is 0 Å². The van der Waals surface area contributed by atoms with Gasteiger partial charge in [-0.1, -0.05) is 6.07 Å². The topological polar surface area (TPSA) is 119 Å². The first-order valence-corrected chi connectivity index (χ1v) is 5.90. The number of carboxylic acid groups (broad SMARTS) is 1. The fourth-order valence-electron chi connectivity index (χ4n) is 1.54. The van der Waals surface area contributed by atoms with Crippen molar-refractivity contribution < 1.29 is 24.2 Å². The largest absolute Gasteiger partial charge is 0.480 e. The van der Waals surface area contributed by atoms with E-state index >= 15 is 0 Å². The number of benzene rings is 1. The van der Waals surface area contributed by atoms with E-state index in [9.17, 15) is 14.4 Å². The van der Waals surface area contributed by atoms with Gasteiger partial charge in [-0.05, 0) is 24.6 Å². The lowest BCUT2D eigenvalue weighted by Crippen LogP contribution is -2.41. The van der Waals surface area contributed by atoms with E-state index < -0.39 is 23.9 Å². The molecule has 7 nitrogen and oxygen atoms in total. The smallest absolute Gasteiger partial charge is 0.326 e. The highest BCUT2D eigenvalue weighted by molar-refractivity contribution is 5.97. The van der Waals surface area contributed by atoms with Crippen molar-refractivity contribution in [2.45, 2.75) is 18.9 Å². The van der Waals surface area contributed by atoms with Gasteiger partial charge in [-0.15, -0.1) is 0 Å². The first-order valence-electron chi connectivity index (χ1n) is 5.90. The molecular formula is C13H16N2O5. The van der Waals surface area contributed by atoms with Crippen molar-refractivity contribution in [2.24, 2.45) is 0 Å². The number of aliphatic carboxylic acids is 1. The molecule has 1 aromatic carbocycles. The van der Waals surface area contributed by atoms with Crippen molar-refractivity contribution >= 4 is 23.5 Å². The van der Waals surface area contributed by atoms with E-state index in [-0.39, 0.29) is 18.4 Å². The molecule has 4 N–H and O–H groups in total. The average Bonchev–Trinajstić information content (AvgIpc) is 2.42. The maximum atomic E-state index is 11.9. The highest BCUT2D eigenvalue weighted by Gasteiger charge is 2.21. The summed E-state index contributed by atoms with van der Waals surface area (Å²) in [4.78, 5) is 33.9. The molecule has 0 saturated carbocycles. The van der Waals surface area contributed by atoms with Crippen LogP contribution in [0.2, 0.25) is 0 Å². The molecule has 7 heteroatoms. The molecule has 0 heterocycles. The van der Waals surface area contributed by atoms with Gasteiger partial charge in [0.25, 0.3) is 5.91 Å². The number of carbonyl (C=O) groups excluding carboxylic acids is 2. The molecule has 1 atom stereocenters. The Hall–Kier alpha value is -2.57. The number of nitrogens with one attached hydrogen (secondary N) is 1. The molecule has 0 aromatic heterocycles. The number of carbonyl (C=O) groups is 3. The Kier molecular flexibility index (Phi) is 5.52. The van der Waals surface area contributed by atoms with Gasteiger partial charge in [0, 0.05) is 17.7 Å². The molecule has 0 bridgehead atoms. The summed E-state index contributed by atoms with van der Waals surface area (Å²) in [5, 5.41) is 11.4. The van der Waals surface area contributed by atoms with E-state index in [4.69, 9.17) is 10.8 Å². The third-order valence-corrected chi connectivity index (χ3v) is 2.62. The summed E-state index contributed by atoms with van der Waals surface area (Å²) in [5.74, 6) is -2.31. The number of esters is 1. The molecule has 1 aromatic rings. The van der Waals surface area contributed by atoms with Crippen molar-refractivity contribution in [3.8, 4) is 0 Å². The molecule has 0 aliphatic carbocycles. The number of ether oxygens (including phenoxy) is 1. The molecule has 0 aliphatic rings. The minimum atomic E-state index is -1.22. The zero-order valence-corrected chi connectivity index (χ0v) is 11.0. The molecule has 0 radical (unpaired) electrons. The Morgan fingerprint density at radius 2 is 2.10 bits per heavy atom. The lowest BCUT2D eigenvalue weighted by atomic mass is 10.1. The summed E-state index contributed by atoms with van der Waals surface area (Å²) >= 11 is 0. The molecule has 0 spiro atoms. The van der Waals surface area contributed by atoms with Gasteiger partial charge in [-0.25, -0.2) is 4.79 Å². The number of carboxylic acids is 1. The normalized spacial score (nSPS) is 11.4. The second-order valence-corrected chi connectivity index (χ2v) is 4.10. The Morgan fingerprint density at radius 3 is 2.65 bits per heavy atom. The first kappa shape index (κ1) is 15.5. The van der Waals surface area contributed by atoms with Crippen LogP contribution in [0.15, 0.2) is 24.3 Å². The fraction of sp³-hybridized carbons (Fsp3) is 0.308. The second-order valence-electron chi connectivity index (χ2n) is 4.10. The van der Waals surface area contributed by atoms with Gasteiger partial charge < -0.3 is 20.9 Å². The quantitative estimate of drug-likeness (QED) is 0.513. The van der Waals surface area contributed by atoms with E-state index in [1.54, 1.807) is 12.1 Å². The summed E-state index contributed by atoms with van der Waals surface area (Å²) in [6.07, 6.45) is -0.138. The van der Waals surface area contributed by atoms with Gasteiger partial charge in [0.1, 0.15) is 6.04 Å². The number of hydrogen-bond acceptors (Lipinski definition) is 5. The molecule has 20 heavy (non-hydrogen) atoms. The van der Waals surface area contributed by atoms with Gasteiger partial charge in [0.15, 0.2) is 0 Å². The lowest BCUT2D eigenvalue weighted by Gasteiger charge is -2.14. The first-order chi connectivity index (χ1) is 9.43. The van der Waals surface area contributed by atoms with Crippen molar-refractivity contribution in [3.05, 3.63) is 29.8 Å². The van der Waals surface area contributed by atoms with Crippen LogP contribution in [0.1, 0.15) is 23.2 Å². The molecule has 1 rings (SSSR count). The number of hydrogen-bond donors (Lipinski definition) is 3. The molecular weight excluding hydrogens is 264 g/mol. The van der Waals surface area contributed by atoms with Crippen LogP contribution in [0.3, 0.4) is 0 Å². The number of nitrogen functional groups attached to an aromatic ring is 1. The SMILES string of the molecule is COC(=O)CC[C@@H](NC(=O)c1cccc(N)c1)C(=O)O. The van der Waals surface area contributed by atoms with Crippen LogP contribution in [-0.4, -0.2) is 36.1 Å². The molecule has 0 fully saturated rings. The molecule has 0 aliphatic heterocycles. The zero-order valence-electron chi connectivity index (χ0n) is 11.0. The summed E-state index contributed by atoms with van der Waals surface area (Å²) < 4.78 is 4.42. The average molecular weight is 280 g/mol. The van der Waals surface area contributed by atoms with Gasteiger partial charge in [0.05, 0.1) is 7.11 Å². The highest BCUT2D eigenvalue weighted by Crippen LogP contribution is 2.08. The van der Waals surface area contributed by atoms with Crippen LogP contribution in [0.25, 0.3) is 0 Å². The lowest BCUT2D eigenvalue weighted by molar-refractivity contribution is -0.142. The van der Waals surface area contributed by atoms with Crippen molar-refractivity contribution in [3.63, 3.8) is 0 Å². The number of anilines is 1. The van der Waals surface area contributed by atoms with Gasteiger partial charge in [-0.2, -0.15) is 0 Å². The number of nitrogens with two attached hydrogens (primary N) is 1. The third kappa shape index (κ3) is 4.60. The highest BCUT2D eigenvalue weighted by atomic mass is 16.5. The minimum absolute atomic E-state index is 0.0456. The minimum Gasteiger partial charge on any atom is -0.480 e. The van der Waals surface area contributed by atoms with Crippen LogP contribution in [0.4, 0.5) is 5.69 Å². The Labute approximate surface area is 115 Å². The number of rotatable bonds is 6. The number of amides is 1. The molecule has 108 valence electrons. The second kappa shape index (κ2) is 7.13. The Morgan fingerprint density at radius 1 is 1.40 bits per heavy atom. The summed E-state index contributed by atoms with van der Waals surface area (Å²) in [6, 6.07) is 5.00. The Bertz CT molecular complexity index is 515. The standard InChI is InChI=1S/C13H16N2O5/c1-20-11(16)6-5-10(13(18)19)15-12(17)8-3-2-4-9(14)7-8/h2-4,7,10H,5-6,14H2,1H3,(H,15,17)(H,18,19)/t10-/m1/s1. The summed E-state index contributed by atoms with van der Waals surface area (Å²) in [6.45, 7) is 0. The van der Waals surface area contributed by atoms with Crippen LogP contribution < -0.4 is 11.1 Å². The van der Waals surface area contributed by atoms with Gasteiger partial charge in [0.2, 0.25) is 0 Å². The van der Waals surface area contributed by atoms with Crippen LogP contribution in [0.5, 0.6) is 0 Å². The van der Waals surface area contributed by atoms with E-state index in [0.29, 0.717) is 5.69 Å². The van der Waals surface area contributed by atoms with Crippen LogP contribution in [0, 0.1) is 0 Å². The molecule has 0 unspecified atom stereocenters. The monoisotopic (exact) mass is 280 g/mol. The predicted molar refractivity (Wildman–Crippen MR) is 71.0 cm³/mol. The number of methoxy groups -OCH3 is 1. The molecule has 0 saturated heterocycles. The van der Waals surface area contributed by atoms with Crippen molar-refractivity contribution in [2.75, 3.05) is 12.8 Å². The Balaban J connectivity index is 2.68. The maximum Gasteiger partial charge on any atom is 0.326 e.